The molecule has 5 nitrogen and oxygen atoms in total. The SMILES string of the molecule is C=CCOC(=O)CCC(C)(N=NC(C)(C)c1ccccc1)OCC=C. The first kappa shape index (κ1) is 20.8. The second kappa shape index (κ2) is 9.89. The third-order valence-electron chi connectivity index (χ3n) is 3.66. The van der Waals surface area contributed by atoms with E-state index in [9.17, 15) is 4.79 Å². The van der Waals surface area contributed by atoms with Crippen molar-refractivity contribution in [1.82, 2.24) is 0 Å². The number of benzene rings is 1. The third-order valence-corrected chi connectivity index (χ3v) is 3.66. The van der Waals surface area contributed by atoms with E-state index in [2.05, 4.69) is 23.4 Å². The van der Waals surface area contributed by atoms with Crippen molar-refractivity contribution >= 4 is 5.97 Å². The molecule has 0 N–H and O–H groups in total. The molecule has 0 spiro atoms. The first-order valence-corrected chi connectivity index (χ1v) is 8.34. The highest BCUT2D eigenvalue weighted by atomic mass is 16.5. The largest absolute Gasteiger partial charge is 0.461 e. The molecule has 0 amide bonds. The third kappa shape index (κ3) is 7.44. The minimum Gasteiger partial charge on any atom is -0.461 e. The van der Waals surface area contributed by atoms with E-state index in [1.54, 1.807) is 6.08 Å². The van der Waals surface area contributed by atoms with Gasteiger partial charge in [0.15, 0.2) is 5.72 Å². The standard InChI is InChI=1S/C20H28N2O3/c1-6-15-24-18(23)13-14-20(5,25-16-7-2)22-21-19(3,4)17-11-9-8-10-12-17/h6-12H,1-2,13-16H2,3-5H3. The highest BCUT2D eigenvalue weighted by Gasteiger charge is 2.28. The summed E-state index contributed by atoms with van der Waals surface area (Å²) in [4.78, 5) is 11.7. The van der Waals surface area contributed by atoms with Crippen LogP contribution in [0.3, 0.4) is 0 Å². The van der Waals surface area contributed by atoms with E-state index in [0.717, 1.165) is 5.56 Å². The molecule has 0 aliphatic rings. The second-order valence-corrected chi connectivity index (χ2v) is 6.37. The summed E-state index contributed by atoms with van der Waals surface area (Å²) < 4.78 is 10.8. The molecule has 25 heavy (non-hydrogen) atoms. The van der Waals surface area contributed by atoms with Crippen LogP contribution in [-0.2, 0) is 19.8 Å². The van der Waals surface area contributed by atoms with E-state index in [1.165, 1.54) is 6.08 Å². The van der Waals surface area contributed by atoms with Crippen molar-refractivity contribution in [3.8, 4) is 0 Å². The Kier molecular flexibility index (Phi) is 8.22. The summed E-state index contributed by atoms with van der Waals surface area (Å²) in [6.07, 6.45) is 3.73. The molecular formula is C20H28N2O3. The summed E-state index contributed by atoms with van der Waals surface area (Å²) in [5.74, 6) is -0.314. The molecular weight excluding hydrogens is 316 g/mol. The monoisotopic (exact) mass is 344 g/mol. The highest BCUT2D eigenvalue weighted by Crippen LogP contribution is 2.28. The van der Waals surface area contributed by atoms with Gasteiger partial charge in [-0.05, 0) is 26.3 Å². The van der Waals surface area contributed by atoms with Gasteiger partial charge in [0.1, 0.15) is 12.1 Å². The van der Waals surface area contributed by atoms with Gasteiger partial charge in [0.25, 0.3) is 0 Å². The Morgan fingerprint density at radius 3 is 2.32 bits per heavy atom. The van der Waals surface area contributed by atoms with E-state index in [4.69, 9.17) is 9.47 Å². The summed E-state index contributed by atoms with van der Waals surface area (Å²) in [6, 6.07) is 9.91. The van der Waals surface area contributed by atoms with Crippen LogP contribution in [0, 0.1) is 0 Å². The molecule has 0 aliphatic carbocycles. The van der Waals surface area contributed by atoms with Crippen molar-refractivity contribution in [2.45, 2.75) is 44.9 Å². The summed E-state index contributed by atoms with van der Waals surface area (Å²) >= 11 is 0. The molecule has 0 heterocycles. The molecule has 5 heteroatoms. The molecule has 1 rings (SSSR count). The van der Waals surface area contributed by atoms with Crippen molar-refractivity contribution in [2.24, 2.45) is 10.2 Å². The number of rotatable bonds is 11. The predicted molar refractivity (Wildman–Crippen MR) is 99.3 cm³/mol. The molecule has 1 aromatic carbocycles. The molecule has 136 valence electrons. The fourth-order valence-electron chi connectivity index (χ4n) is 2.08. The summed E-state index contributed by atoms with van der Waals surface area (Å²) in [5.41, 5.74) is -0.369. The van der Waals surface area contributed by atoms with Crippen LogP contribution in [0.25, 0.3) is 0 Å². The van der Waals surface area contributed by atoms with Gasteiger partial charge in [-0.15, -0.1) is 6.58 Å². The Morgan fingerprint density at radius 1 is 1.08 bits per heavy atom. The van der Waals surface area contributed by atoms with E-state index in [0.29, 0.717) is 13.0 Å². The van der Waals surface area contributed by atoms with Crippen LogP contribution >= 0.6 is 0 Å². The number of ether oxygens (including phenoxy) is 2. The van der Waals surface area contributed by atoms with Crippen LogP contribution in [0.5, 0.6) is 0 Å². The Bertz CT molecular complexity index is 596. The van der Waals surface area contributed by atoms with Crippen molar-refractivity contribution in [3.63, 3.8) is 0 Å². The molecule has 0 saturated carbocycles. The quantitative estimate of drug-likeness (QED) is 0.329. The maximum absolute atomic E-state index is 11.7. The van der Waals surface area contributed by atoms with Gasteiger partial charge in [-0.3, -0.25) is 4.79 Å². The average molecular weight is 344 g/mol. The normalized spacial score (nSPS) is 14.0. The lowest BCUT2D eigenvalue weighted by molar-refractivity contribution is -0.144. The van der Waals surface area contributed by atoms with Gasteiger partial charge in [0.2, 0.25) is 0 Å². The van der Waals surface area contributed by atoms with Crippen LogP contribution < -0.4 is 0 Å². The lowest BCUT2D eigenvalue weighted by Gasteiger charge is -2.26. The first-order valence-electron chi connectivity index (χ1n) is 8.34. The molecule has 1 aromatic rings. The molecule has 0 aromatic heterocycles. The zero-order valence-electron chi connectivity index (χ0n) is 15.4. The number of carbonyl (C=O) groups is 1. The maximum Gasteiger partial charge on any atom is 0.306 e. The summed E-state index contributed by atoms with van der Waals surface area (Å²) in [7, 11) is 0. The molecule has 0 fully saturated rings. The Morgan fingerprint density at radius 2 is 1.72 bits per heavy atom. The smallest absolute Gasteiger partial charge is 0.306 e. The first-order chi connectivity index (χ1) is 11.8. The van der Waals surface area contributed by atoms with Gasteiger partial charge in [-0.25, -0.2) is 0 Å². The van der Waals surface area contributed by atoms with E-state index in [-0.39, 0.29) is 19.0 Å². The molecule has 0 bridgehead atoms. The predicted octanol–water partition coefficient (Wildman–Crippen LogP) is 4.80. The van der Waals surface area contributed by atoms with E-state index in [1.807, 2.05) is 51.1 Å². The number of esters is 1. The van der Waals surface area contributed by atoms with Crippen molar-refractivity contribution < 1.29 is 14.3 Å². The summed E-state index contributed by atoms with van der Waals surface area (Å²) in [5, 5.41) is 8.91. The summed E-state index contributed by atoms with van der Waals surface area (Å²) in [6.45, 7) is 13.5. The molecule has 1 atom stereocenters. The molecule has 0 radical (unpaired) electrons. The fraction of sp³-hybridized carbons (Fsp3) is 0.450. The number of carbonyl (C=O) groups excluding carboxylic acids is 1. The van der Waals surface area contributed by atoms with Crippen LogP contribution in [0.4, 0.5) is 0 Å². The highest BCUT2D eigenvalue weighted by molar-refractivity contribution is 5.69. The van der Waals surface area contributed by atoms with Gasteiger partial charge in [-0.1, -0.05) is 49.1 Å². The van der Waals surface area contributed by atoms with Crippen LogP contribution in [0.2, 0.25) is 0 Å². The molecule has 0 aliphatic heterocycles. The minimum absolute atomic E-state index is 0.187. The van der Waals surface area contributed by atoms with Gasteiger partial charge >= 0.3 is 5.97 Å². The van der Waals surface area contributed by atoms with Crippen molar-refractivity contribution in [2.75, 3.05) is 13.2 Å². The zero-order chi connectivity index (χ0) is 18.8. The van der Waals surface area contributed by atoms with E-state index >= 15 is 0 Å². The van der Waals surface area contributed by atoms with Crippen molar-refractivity contribution in [1.29, 1.82) is 0 Å². The number of hydrogen-bond donors (Lipinski definition) is 0. The molecule has 0 saturated heterocycles. The minimum atomic E-state index is -0.923. The number of hydrogen-bond acceptors (Lipinski definition) is 5. The van der Waals surface area contributed by atoms with Gasteiger partial charge in [-0.2, -0.15) is 10.2 Å². The lowest BCUT2D eigenvalue weighted by atomic mass is 9.96. The Balaban J connectivity index is 2.84. The zero-order valence-corrected chi connectivity index (χ0v) is 15.4. The van der Waals surface area contributed by atoms with Crippen molar-refractivity contribution in [3.05, 3.63) is 61.2 Å². The maximum atomic E-state index is 11.7. The van der Waals surface area contributed by atoms with Gasteiger partial charge in [0, 0.05) is 6.42 Å². The van der Waals surface area contributed by atoms with E-state index < -0.39 is 11.3 Å². The Labute approximate surface area is 150 Å². The van der Waals surface area contributed by atoms with Gasteiger partial charge in [0.05, 0.1) is 13.0 Å². The van der Waals surface area contributed by atoms with Crippen LogP contribution in [0.15, 0.2) is 65.9 Å². The number of nitrogens with zero attached hydrogens (tertiary/aromatic N) is 2. The lowest BCUT2D eigenvalue weighted by Crippen LogP contribution is -2.28. The number of azo groups is 1. The average Bonchev–Trinajstić information content (AvgIpc) is 2.62. The topological polar surface area (TPSA) is 60.2 Å². The van der Waals surface area contributed by atoms with Crippen LogP contribution in [0.1, 0.15) is 39.2 Å². The van der Waals surface area contributed by atoms with Crippen LogP contribution in [-0.4, -0.2) is 24.9 Å². The van der Waals surface area contributed by atoms with Gasteiger partial charge < -0.3 is 9.47 Å². The Hall–Kier alpha value is -2.27. The second-order valence-electron chi connectivity index (χ2n) is 6.37. The molecule has 1 unspecified atom stereocenters. The fourth-order valence-corrected chi connectivity index (χ4v) is 2.08.